The van der Waals surface area contributed by atoms with Crippen LogP contribution in [0, 0.1) is 0 Å². The van der Waals surface area contributed by atoms with Crippen LogP contribution in [-0.2, 0) is 14.8 Å². The fourth-order valence-electron chi connectivity index (χ4n) is 3.07. The van der Waals surface area contributed by atoms with E-state index < -0.39 is 21.4 Å². The van der Waals surface area contributed by atoms with Gasteiger partial charge in [0.05, 0.1) is 18.0 Å². The second-order valence-electron chi connectivity index (χ2n) is 6.96. The number of sulfonamides is 1. The molecular formula is C22H27NO5S. The molecule has 1 aliphatic heterocycles. The van der Waals surface area contributed by atoms with E-state index in [2.05, 4.69) is 4.72 Å². The van der Waals surface area contributed by atoms with Crippen molar-refractivity contribution in [2.24, 2.45) is 0 Å². The Morgan fingerprint density at radius 3 is 2.66 bits per heavy atom. The van der Waals surface area contributed by atoms with Crippen molar-refractivity contribution in [2.45, 2.75) is 30.6 Å². The minimum absolute atomic E-state index is 0.403. The van der Waals surface area contributed by atoms with Crippen LogP contribution in [0.25, 0.3) is 6.08 Å². The zero-order valence-corrected chi connectivity index (χ0v) is 17.1. The van der Waals surface area contributed by atoms with E-state index in [1.54, 1.807) is 30.4 Å². The molecule has 7 heteroatoms. The van der Waals surface area contributed by atoms with Crippen molar-refractivity contribution >= 4 is 21.8 Å². The number of benzene rings is 2. The lowest BCUT2D eigenvalue weighted by atomic mass is 10.1. The minimum Gasteiger partial charge on any atom is -0.493 e. The molecule has 3 rings (SSSR count). The number of hydrogen-bond acceptors (Lipinski definition) is 5. The molecule has 2 aromatic carbocycles. The minimum atomic E-state index is -3.44. The van der Waals surface area contributed by atoms with E-state index in [-0.39, 0.29) is 0 Å². The van der Waals surface area contributed by atoms with Gasteiger partial charge in [0, 0.05) is 25.3 Å². The van der Waals surface area contributed by atoms with Crippen LogP contribution in [0.3, 0.4) is 0 Å². The molecule has 29 heavy (non-hydrogen) atoms. The molecule has 6 nitrogen and oxygen atoms in total. The third-order valence-corrected chi connectivity index (χ3v) is 6.56. The Bertz CT molecular complexity index is 892. The highest BCUT2D eigenvalue weighted by molar-refractivity contribution is 7.93. The van der Waals surface area contributed by atoms with Crippen LogP contribution in [0.4, 0.5) is 5.69 Å². The smallest absolute Gasteiger partial charge is 0.235 e. The van der Waals surface area contributed by atoms with Gasteiger partial charge in [0.1, 0.15) is 5.75 Å². The van der Waals surface area contributed by atoms with Gasteiger partial charge in [-0.2, -0.15) is 0 Å². The molecule has 0 radical (unpaired) electrons. The number of para-hydroxylation sites is 1. The van der Waals surface area contributed by atoms with Crippen LogP contribution in [0.5, 0.6) is 5.75 Å². The molecule has 1 fully saturated rings. The fourth-order valence-corrected chi connectivity index (χ4v) is 4.51. The number of nitrogens with one attached hydrogen (secondary N) is 1. The Morgan fingerprint density at radius 2 is 1.90 bits per heavy atom. The first kappa shape index (κ1) is 21.4. The molecule has 1 atom stereocenters. The lowest BCUT2D eigenvalue weighted by Crippen LogP contribution is -2.33. The molecular weight excluding hydrogens is 390 g/mol. The molecule has 156 valence electrons. The summed E-state index contributed by atoms with van der Waals surface area (Å²) in [5.41, 5.74) is 1.32. The number of rotatable bonds is 9. The van der Waals surface area contributed by atoms with Gasteiger partial charge in [-0.15, -0.1) is 0 Å². The summed E-state index contributed by atoms with van der Waals surface area (Å²) in [5, 5.41) is 9.70. The second-order valence-corrected chi connectivity index (χ2v) is 8.92. The third kappa shape index (κ3) is 6.88. The van der Waals surface area contributed by atoms with Gasteiger partial charge in [-0.3, -0.25) is 4.72 Å². The molecule has 2 N–H and O–H groups in total. The Hall–Kier alpha value is -2.35. The Morgan fingerprint density at radius 1 is 1.14 bits per heavy atom. The van der Waals surface area contributed by atoms with Gasteiger partial charge < -0.3 is 14.6 Å². The predicted octanol–water partition coefficient (Wildman–Crippen LogP) is 3.45. The van der Waals surface area contributed by atoms with E-state index in [0.717, 1.165) is 11.3 Å². The summed E-state index contributed by atoms with van der Waals surface area (Å²) < 4.78 is 38.5. The first-order valence-electron chi connectivity index (χ1n) is 9.76. The Kier molecular flexibility index (Phi) is 7.69. The normalized spacial score (nSPS) is 16.6. The lowest BCUT2D eigenvalue weighted by molar-refractivity contribution is 0.0984. The van der Waals surface area contributed by atoms with Crippen molar-refractivity contribution in [1.29, 1.82) is 0 Å². The summed E-state index contributed by atoms with van der Waals surface area (Å²) in [6.45, 7) is 1.35. The maximum atomic E-state index is 12.5. The maximum absolute atomic E-state index is 12.5. The van der Waals surface area contributed by atoms with E-state index in [1.807, 2.05) is 36.4 Å². The maximum Gasteiger partial charge on any atom is 0.235 e. The van der Waals surface area contributed by atoms with Gasteiger partial charge in [-0.1, -0.05) is 42.5 Å². The Balaban J connectivity index is 1.52. The quantitative estimate of drug-likeness (QED) is 0.653. The molecule has 1 aliphatic rings. The molecule has 0 aromatic heterocycles. The number of aliphatic hydroxyl groups is 1. The van der Waals surface area contributed by atoms with Crippen molar-refractivity contribution in [3.8, 4) is 5.75 Å². The molecule has 0 bridgehead atoms. The summed E-state index contributed by atoms with van der Waals surface area (Å²) >= 11 is 0. The largest absolute Gasteiger partial charge is 0.493 e. The molecule has 1 saturated heterocycles. The van der Waals surface area contributed by atoms with Gasteiger partial charge in [0.15, 0.2) is 0 Å². The van der Waals surface area contributed by atoms with Crippen LogP contribution in [-0.4, -0.2) is 44.7 Å². The van der Waals surface area contributed by atoms with Crippen molar-refractivity contribution in [1.82, 2.24) is 0 Å². The standard InChI is InChI=1S/C22H27NO5S/c24-20(11-16-28-21-7-2-1-3-8-21)10-9-18-5-4-6-19(17-18)23-29(25,26)22-12-14-27-15-13-22/h1-10,17,20,22-24H,11-16H2/b10-9+/t20-/m0/s1. The fraction of sp³-hybridized carbons (Fsp3) is 0.364. The van der Waals surface area contributed by atoms with Gasteiger partial charge in [-0.05, 0) is 42.7 Å². The van der Waals surface area contributed by atoms with Gasteiger partial charge in [0.25, 0.3) is 0 Å². The van der Waals surface area contributed by atoms with Crippen LogP contribution in [0.1, 0.15) is 24.8 Å². The average Bonchev–Trinajstić information content (AvgIpc) is 2.74. The first-order valence-corrected chi connectivity index (χ1v) is 11.3. The van der Waals surface area contributed by atoms with E-state index in [9.17, 15) is 13.5 Å². The summed E-state index contributed by atoms with van der Waals surface area (Å²) in [5.74, 6) is 0.771. The highest BCUT2D eigenvalue weighted by Gasteiger charge is 2.27. The topological polar surface area (TPSA) is 84.9 Å². The number of hydrogen-bond donors (Lipinski definition) is 2. The average molecular weight is 418 g/mol. The van der Waals surface area contributed by atoms with E-state index in [4.69, 9.17) is 9.47 Å². The number of ether oxygens (including phenoxy) is 2. The zero-order valence-electron chi connectivity index (χ0n) is 16.2. The highest BCUT2D eigenvalue weighted by atomic mass is 32.2. The van der Waals surface area contributed by atoms with Crippen LogP contribution in [0.15, 0.2) is 60.7 Å². The Labute approximate surface area is 172 Å². The van der Waals surface area contributed by atoms with Crippen LogP contribution in [0.2, 0.25) is 0 Å². The van der Waals surface area contributed by atoms with E-state index in [1.165, 1.54) is 0 Å². The molecule has 0 aliphatic carbocycles. The van der Waals surface area contributed by atoms with E-state index in [0.29, 0.717) is 44.8 Å². The molecule has 0 spiro atoms. The molecule has 0 amide bonds. The summed E-state index contributed by atoms with van der Waals surface area (Å²) in [6, 6.07) is 16.6. The number of aliphatic hydroxyl groups excluding tert-OH is 1. The lowest BCUT2D eigenvalue weighted by Gasteiger charge is -2.22. The van der Waals surface area contributed by atoms with Gasteiger partial charge >= 0.3 is 0 Å². The SMILES string of the molecule is O=S(=O)(Nc1cccc(/C=C/[C@H](O)CCOc2ccccc2)c1)C1CCOCC1. The monoisotopic (exact) mass is 417 g/mol. The van der Waals surface area contributed by atoms with Gasteiger partial charge in [0.2, 0.25) is 10.0 Å². The second kappa shape index (κ2) is 10.4. The zero-order chi connectivity index (χ0) is 20.5. The number of anilines is 1. The third-order valence-electron chi connectivity index (χ3n) is 4.69. The first-order chi connectivity index (χ1) is 14.0. The van der Waals surface area contributed by atoms with Crippen molar-refractivity contribution in [3.05, 3.63) is 66.2 Å². The summed E-state index contributed by atoms with van der Waals surface area (Å²) in [7, 11) is -3.44. The van der Waals surface area contributed by atoms with Crippen LogP contribution >= 0.6 is 0 Å². The van der Waals surface area contributed by atoms with Crippen molar-refractivity contribution in [3.63, 3.8) is 0 Å². The van der Waals surface area contributed by atoms with Crippen LogP contribution < -0.4 is 9.46 Å². The van der Waals surface area contributed by atoms with Gasteiger partial charge in [-0.25, -0.2) is 8.42 Å². The van der Waals surface area contributed by atoms with Crippen molar-refractivity contribution < 1.29 is 23.0 Å². The van der Waals surface area contributed by atoms with E-state index >= 15 is 0 Å². The predicted molar refractivity (Wildman–Crippen MR) is 114 cm³/mol. The summed E-state index contributed by atoms with van der Waals surface area (Å²) in [4.78, 5) is 0. The van der Waals surface area contributed by atoms with Crippen molar-refractivity contribution in [2.75, 3.05) is 24.5 Å². The molecule has 0 unspecified atom stereocenters. The molecule has 0 saturated carbocycles. The summed E-state index contributed by atoms with van der Waals surface area (Å²) in [6.07, 6.45) is 4.28. The molecule has 2 aromatic rings. The highest BCUT2D eigenvalue weighted by Crippen LogP contribution is 2.20. The molecule has 1 heterocycles.